The molecule has 0 aromatic heterocycles. The zero-order chi connectivity index (χ0) is 13.9. The van der Waals surface area contributed by atoms with Crippen LogP contribution in [0.2, 0.25) is 0 Å². The molecule has 106 valence electrons. The fourth-order valence-electron chi connectivity index (χ4n) is 1.62. The normalized spacial score (nSPS) is 10.4. The van der Waals surface area contributed by atoms with Crippen LogP contribution in [0.4, 0.5) is 0 Å². The summed E-state index contributed by atoms with van der Waals surface area (Å²) in [4.78, 5) is 11.0. The van der Waals surface area contributed by atoms with Crippen molar-refractivity contribution in [2.75, 3.05) is 33.5 Å². The molecule has 1 rings (SSSR count). The molecular formula is C15H22O4. The Balaban J connectivity index is 2.14. The van der Waals surface area contributed by atoms with E-state index in [1.807, 2.05) is 24.3 Å². The van der Waals surface area contributed by atoms with E-state index in [2.05, 4.69) is 0 Å². The van der Waals surface area contributed by atoms with Crippen molar-refractivity contribution in [2.45, 2.75) is 19.8 Å². The number of ether oxygens (including phenoxy) is 3. The standard InChI is InChI=1S/C15H22O4/c1-13(16)12-14-4-6-15(7-5-14)19-11-10-18-9-3-8-17-2/h4-7H,3,8-12H2,1-2H3. The van der Waals surface area contributed by atoms with Crippen molar-refractivity contribution < 1.29 is 19.0 Å². The smallest absolute Gasteiger partial charge is 0.134 e. The van der Waals surface area contributed by atoms with E-state index in [9.17, 15) is 4.79 Å². The van der Waals surface area contributed by atoms with Gasteiger partial charge in [-0.05, 0) is 31.0 Å². The highest BCUT2D eigenvalue weighted by Gasteiger charge is 1.98. The van der Waals surface area contributed by atoms with Gasteiger partial charge in [-0.1, -0.05) is 12.1 Å². The van der Waals surface area contributed by atoms with Gasteiger partial charge < -0.3 is 14.2 Å². The summed E-state index contributed by atoms with van der Waals surface area (Å²) in [6.07, 6.45) is 1.37. The number of rotatable bonds is 10. The van der Waals surface area contributed by atoms with Crippen LogP contribution in [0.15, 0.2) is 24.3 Å². The predicted molar refractivity (Wildman–Crippen MR) is 73.6 cm³/mol. The summed E-state index contributed by atoms with van der Waals surface area (Å²) in [5, 5.41) is 0. The van der Waals surface area contributed by atoms with Crippen molar-refractivity contribution in [3.63, 3.8) is 0 Å². The second-order valence-electron chi connectivity index (χ2n) is 4.33. The number of hydrogen-bond acceptors (Lipinski definition) is 4. The van der Waals surface area contributed by atoms with E-state index in [-0.39, 0.29) is 5.78 Å². The highest BCUT2D eigenvalue weighted by Crippen LogP contribution is 2.12. The number of carbonyl (C=O) groups is 1. The van der Waals surface area contributed by atoms with Gasteiger partial charge in [-0.3, -0.25) is 4.79 Å². The Morgan fingerprint density at radius 3 is 2.42 bits per heavy atom. The maximum Gasteiger partial charge on any atom is 0.134 e. The Bertz CT molecular complexity index is 359. The Hall–Kier alpha value is -1.39. The number of methoxy groups -OCH3 is 1. The molecule has 0 heterocycles. The minimum atomic E-state index is 0.165. The minimum absolute atomic E-state index is 0.165. The molecule has 0 aliphatic carbocycles. The highest BCUT2D eigenvalue weighted by molar-refractivity contribution is 5.78. The fourth-order valence-corrected chi connectivity index (χ4v) is 1.62. The Morgan fingerprint density at radius 2 is 1.79 bits per heavy atom. The van der Waals surface area contributed by atoms with Crippen molar-refractivity contribution in [3.8, 4) is 5.75 Å². The lowest BCUT2D eigenvalue weighted by Gasteiger charge is -2.07. The monoisotopic (exact) mass is 266 g/mol. The first-order valence-corrected chi connectivity index (χ1v) is 6.50. The largest absolute Gasteiger partial charge is 0.491 e. The first-order valence-electron chi connectivity index (χ1n) is 6.50. The van der Waals surface area contributed by atoms with Gasteiger partial charge in [0, 0.05) is 26.7 Å². The Labute approximate surface area is 114 Å². The molecular weight excluding hydrogens is 244 g/mol. The van der Waals surface area contributed by atoms with Gasteiger partial charge in [-0.15, -0.1) is 0 Å². The van der Waals surface area contributed by atoms with E-state index in [1.165, 1.54) is 0 Å². The molecule has 1 aromatic carbocycles. The number of Topliss-reactive ketones (excluding diaryl/α,β-unsaturated/α-hetero) is 1. The van der Waals surface area contributed by atoms with Gasteiger partial charge in [0.05, 0.1) is 6.61 Å². The number of ketones is 1. The molecule has 0 aliphatic rings. The molecule has 4 nitrogen and oxygen atoms in total. The third-order valence-corrected chi connectivity index (χ3v) is 2.51. The molecule has 1 aromatic rings. The van der Waals surface area contributed by atoms with Crippen molar-refractivity contribution >= 4 is 5.78 Å². The van der Waals surface area contributed by atoms with Gasteiger partial charge in [0.1, 0.15) is 18.1 Å². The lowest BCUT2D eigenvalue weighted by atomic mass is 10.1. The summed E-state index contributed by atoms with van der Waals surface area (Å²) < 4.78 is 15.8. The van der Waals surface area contributed by atoms with E-state index in [4.69, 9.17) is 14.2 Å². The van der Waals surface area contributed by atoms with Crippen LogP contribution < -0.4 is 4.74 Å². The third-order valence-electron chi connectivity index (χ3n) is 2.51. The molecule has 0 unspecified atom stereocenters. The average molecular weight is 266 g/mol. The van der Waals surface area contributed by atoms with E-state index >= 15 is 0 Å². The lowest BCUT2D eigenvalue weighted by molar-refractivity contribution is -0.116. The average Bonchev–Trinajstić information content (AvgIpc) is 2.39. The van der Waals surface area contributed by atoms with Crippen LogP contribution in [0, 0.1) is 0 Å². The first kappa shape index (κ1) is 15.7. The van der Waals surface area contributed by atoms with Gasteiger partial charge in [0.2, 0.25) is 0 Å². The van der Waals surface area contributed by atoms with Gasteiger partial charge in [-0.2, -0.15) is 0 Å². The molecule has 0 atom stereocenters. The zero-order valence-electron chi connectivity index (χ0n) is 11.7. The lowest BCUT2D eigenvalue weighted by Crippen LogP contribution is -2.08. The molecule has 0 N–H and O–H groups in total. The highest BCUT2D eigenvalue weighted by atomic mass is 16.5. The number of carbonyl (C=O) groups excluding carboxylic acids is 1. The quantitative estimate of drug-likeness (QED) is 0.609. The molecule has 0 spiro atoms. The van der Waals surface area contributed by atoms with E-state index in [1.54, 1.807) is 14.0 Å². The zero-order valence-corrected chi connectivity index (χ0v) is 11.7. The van der Waals surface area contributed by atoms with Crippen LogP contribution in [-0.2, 0) is 20.7 Å². The van der Waals surface area contributed by atoms with E-state index in [0.29, 0.717) is 26.2 Å². The maximum absolute atomic E-state index is 11.0. The van der Waals surface area contributed by atoms with Gasteiger partial charge in [-0.25, -0.2) is 0 Å². The molecule has 0 aliphatic heterocycles. The predicted octanol–water partition coefficient (Wildman–Crippen LogP) is 2.25. The molecule has 0 saturated carbocycles. The molecule has 0 radical (unpaired) electrons. The summed E-state index contributed by atoms with van der Waals surface area (Å²) in [5.74, 6) is 0.964. The van der Waals surface area contributed by atoms with Crippen molar-refractivity contribution in [3.05, 3.63) is 29.8 Å². The van der Waals surface area contributed by atoms with Crippen molar-refractivity contribution in [1.29, 1.82) is 0 Å². The van der Waals surface area contributed by atoms with Crippen LogP contribution in [-0.4, -0.2) is 39.3 Å². The fraction of sp³-hybridized carbons (Fsp3) is 0.533. The van der Waals surface area contributed by atoms with Crippen LogP contribution in [0.3, 0.4) is 0 Å². The van der Waals surface area contributed by atoms with Crippen molar-refractivity contribution in [2.24, 2.45) is 0 Å². The topological polar surface area (TPSA) is 44.8 Å². The van der Waals surface area contributed by atoms with Crippen LogP contribution in [0.25, 0.3) is 0 Å². The second kappa shape index (κ2) is 9.53. The van der Waals surface area contributed by atoms with Crippen LogP contribution >= 0.6 is 0 Å². The molecule has 0 bridgehead atoms. The van der Waals surface area contributed by atoms with Gasteiger partial charge >= 0.3 is 0 Å². The molecule has 0 amide bonds. The summed E-state index contributed by atoms with van der Waals surface area (Å²) >= 11 is 0. The SMILES string of the molecule is COCCCOCCOc1ccc(CC(C)=O)cc1. The van der Waals surface area contributed by atoms with E-state index < -0.39 is 0 Å². The van der Waals surface area contributed by atoms with Crippen molar-refractivity contribution in [1.82, 2.24) is 0 Å². The van der Waals surface area contributed by atoms with Crippen LogP contribution in [0.5, 0.6) is 5.75 Å². The summed E-state index contributed by atoms with van der Waals surface area (Å²) in [7, 11) is 1.68. The molecule has 0 fully saturated rings. The van der Waals surface area contributed by atoms with Gasteiger partial charge in [0.25, 0.3) is 0 Å². The first-order chi connectivity index (χ1) is 9.22. The Morgan fingerprint density at radius 1 is 1.05 bits per heavy atom. The molecule has 0 saturated heterocycles. The second-order valence-corrected chi connectivity index (χ2v) is 4.33. The maximum atomic E-state index is 11.0. The summed E-state index contributed by atoms with van der Waals surface area (Å²) in [5.41, 5.74) is 1.01. The summed E-state index contributed by atoms with van der Waals surface area (Å²) in [6, 6.07) is 7.58. The van der Waals surface area contributed by atoms with Gasteiger partial charge in [0.15, 0.2) is 0 Å². The number of benzene rings is 1. The van der Waals surface area contributed by atoms with E-state index in [0.717, 1.165) is 24.3 Å². The minimum Gasteiger partial charge on any atom is -0.491 e. The molecule has 19 heavy (non-hydrogen) atoms. The summed E-state index contributed by atoms with van der Waals surface area (Å²) in [6.45, 7) is 4.09. The molecule has 4 heteroatoms. The third kappa shape index (κ3) is 7.59. The Kier molecular flexibility index (Phi) is 7.86. The number of hydrogen-bond donors (Lipinski definition) is 0. The van der Waals surface area contributed by atoms with Crippen LogP contribution in [0.1, 0.15) is 18.9 Å².